The van der Waals surface area contributed by atoms with E-state index in [1.807, 2.05) is 0 Å². The number of hydrogen-bond donors (Lipinski definition) is 1. The highest BCUT2D eigenvalue weighted by Crippen LogP contribution is 2.28. The van der Waals surface area contributed by atoms with Crippen LogP contribution < -0.4 is 10.6 Å². The van der Waals surface area contributed by atoms with Crippen molar-refractivity contribution in [2.45, 2.75) is 6.04 Å². The number of benzene rings is 1. The molecular formula is C15H19Cl2N3S. The minimum absolute atomic E-state index is 0. The molecule has 1 aromatic carbocycles. The minimum Gasteiger partial charge on any atom is -0.368 e. The summed E-state index contributed by atoms with van der Waals surface area (Å²) in [5.74, 6) is 0. The van der Waals surface area contributed by atoms with E-state index in [1.54, 1.807) is 11.3 Å². The Kier molecular flexibility index (Phi) is 6.68. The molecule has 0 spiro atoms. The average Bonchev–Trinajstić information content (AvgIpc) is 2.93. The first kappa shape index (κ1) is 18.0. The molecule has 2 heterocycles. The third kappa shape index (κ3) is 3.40. The largest absolute Gasteiger partial charge is 0.368 e. The van der Waals surface area contributed by atoms with Gasteiger partial charge in [-0.2, -0.15) is 0 Å². The van der Waals surface area contributed by atoms with E-state index < -0.39 is 0 Å². The van der Waals surface area contributed by atoms with Crippen LogP contribution in [0.3, 0.4) is 0 Å². The van der Waals surface area contributed by atoms with Crippen molar-refractivity contribution in [1.82, 2.24) is 0 Å². The zero-order valence-corrected chi connectivity index (χ0v) is 14.2. The number of fused-ring (bicyclic) bond motifs is 1. The average molecular weight is 344 g/mol. The van der Waals surface area contributed by atoms with Crippen LogP contribution in [0.2, 0.25) is 0 Å². The standard InChI is InChI=1S/C15H17N3S.2ClH/c1-18-11(9-16)10-17-15(14-7-4-8-19-14)12-5-2-3-6-13(12)18;;/h2-8,11H,9-10,16H2,1H3;2*1H. The van der Waals surface area contributed by atoms with E-state index in [1.165, 1.54) is 16.1 Å². The molecule has 1 atom stereocenters. The minimum atomic E-state index is 0. The van der Waals surface area contributed by atoms with Crippen molar-refractivity contribution < 1.29 is 0 Å². The normalized spacial score (nSPS) is 17.0. The molecule has 1 aromatic heterocycles. The first-order chi connectivity index (χ1) is 9.31. The molecule has 0 saturated heterocycles. The lowest BCUT2D eigenvalue weighted by Crippen LogP contribution is -2.39. The molecule has 21 heavy (non-hydrogen) atoms. The van der Waals surface area contributed by atoms with Crippen LogP contribution in [-0.2, 0) is 0 Å². The van der Waals surface area contributed by atoms with Gasteiger partial charge in [-0.25, -0.2) is 0 Å². The third-order valence-corrected chi connectivity index (χ3v) is 4.45. The summed E-state index contributed by atoms with van der Waals surface area (Å²) >= 11 is 1.73. The highest BCUT2D eigenvalue weighted by molar-refractivity contribution is 7.12. The lowest BCUT2D eigenvalue weighted by Gasteiger charge is -2.27. The van der Waals surface area contributed by atoms with Gasteiger partial charge in [-0.1, -0.05) is 24.3 Å². The van der Waals surface area contributed by atoms with Crippen LogP contribution >= 0.6 is 36.2 Å². The van der Waals surface area contributed by atoms with E-state index in [-0.39, 0.29) is 30.9 Å². The molecule has 3 nitrogen and oxygen atoms in total. The summed E-state index contributed by atoms with van der Waals surface area (Å²) in [6.45, 7) is 1.36. The molecule has 1 aliphatic heterocycles. The van der Waals surface area contributed by atoms with Crippen molar-refractivity contribution in [2.75, 3.05) is 25.0 Å². The number of hydrogen-bond acceptors (Lipinski definition) is 4. The van der Waals surface area contributed by atoms with E-state index in [9.17, 15) is 0 Å². The number of nitrogens with two attached hydrogens (primary N) is 1. The van der Waals surface area contributed by atoms with Crippen molar-refractivity contribution in [3.05, 3.63) is 52.2 Å². The Labute approximate surface area is 141 Å². The van der Waals surface area contributed by atoms with Gasteiger partial charge in [0, 0.05) is 24.8 Å². The molecular weight excluding hydrogens is 325 g/mol. The van der Waals surface area contributed by atoms with E-state index in [0.29, 0.717) is 6.54 Å². The first-order valence-corrected chi connectivity index (χ1v) is 7.30. The Hall–Kier alpha value is -1.07. The van der Waals surface area contributed by atoms with Gasteiger partial charge in [0.15, 0.2) is 0 Å². The number of aliphatic imine (C=N–C) groups is 1. The number of rotatable bonds is 2. The Balaban J connectivity index is 0.00000110. The molecule has 2 aromatic rings. The molecule has 0 saturated carbocycles. The molecule has 0 radical (unpaired) electrons. The molecule has 0 amide bonds. The van der Waals surface area contributed by atoms with Crippen LogP contribution in [0, 0.1) is 0 Å². The van der Waals surface area contributed by atoms with Crippen LogP contribution in [0.5, 0.6) is 0 Å². The summed E-state index contributed by atoms with van der Waals surface area (Å²) in [7, 11) is 2.10. The maximum absolute atomic E-state index is 5.88. The molecule has 6 heteroatoms. The summed E-state index contributed by atoms with van der Waals surface area (Å²) in [5.41, 5.74) is 9.38. The Morgan fingerprint density at radius 3 is 2.67 bits per heavy atom. The van der Waals surface area contributed by atoms with Crippen LogP contribution in [0.4, 0.5) is 5.69 Å². The van der Waals surface area contributed by atoms with Gasteiger partial charge in [0.05, 0.1) is 23.2 Å². The number of benzodiazepines with no additional fused rings is 1. The van der Waals surface area contributed by atoms with Gasteiger partial charge < -0.3 is 10.6 Å². The summed E-state index contributed by atoms with van der Waals surface area (Å²) in [5, 5.41) is 2.09. The molecule has 3 rings (SSSR count). The molecule has 0 bridgehead atoms. The predicted octanol–water partition coefficient (Wildman–Crippen LogP) is 3.21. The third-order valence-electron chi connectivity index (χ3n) is 3.57. The molecule has 0 aliphatic carbocycles. The molecule has 0 fully saturated rings. The number of thiophene rings is 1. The van der Waals surface area contributed by atoms with Crippen molar-refractivity contribution in [3.63, 3.8) is 0 Å². The number of para-hydroxylation sites is 1. The van der Waals surface area contributed by atoms with Crippen LogP contribution in [0.25, 0.3) is 0 Å². The summed E-state index contributed by atoms with van der Waals surface area (Å²) < 4.78 is 0. The van der Waals surface area contributed by atoms with Crippen LogP contribution in [0.15, 0.2) is 46.8 Å². The first-order valence-electron chi connectivity index (χ1n) is 6.42. The molecule has 1 unspecified atom stereocenters. The van der Waals surface area contributed by atoms with Gasteiger partial charge in [0.2, 0.25) is 0 Å². The van der Waals surface area contributed by atoms with E-state index in [0.717, 1.165) is 12.3 Å². The highest BCUT2D eigenvalue weighted by atomic mass is 35.5. The lowest BCUT2D eigenvalue weighted by atomic mass is 10.1. The van der Waals surface area contributed by atoms with Crippen LogP contribution in [-0.4, -0.2) is 31.9 Å². The van der Waals surface area contributed by atoms with Crippen molar-refractivity contribution in [1.29, 1.82) is 0 Å². The Morgan fingerprint density at radius 1 is 1.24 bits per heavy atom. The van der Waals surface area contributed by atoms with Gasteiger partial charge in [-0.05, 0) is 17.5 Å². The summed E-state index contributed by atoms with van der Waals surface area (Å²) in [6, 6.07) is 12.9. The zero-order valence-electron chi connectivity index (χ0n) is 11.7. The van der Waals surface area contributed by atoms with Crippen LogP contribution in [0.1, 0.15) is 10.4 Å². The highest BCUT2D eigenvalue weighted by Gasteiger charge is 2.23. The van der Waals surface area contributed by atoms with Crippen molar-refractivity contribution >= 4 is 47.5 Å². The molecule has 1 aliphatic rings. The second-order valence-corrected chi connectivity index (χ2v) is 5.63. The van der Waals surface area contributed by atoms with Gasteiger partial charge >= 0.3 is 0 Å². The second-order valence-electron chi connectivity index (χ2n) is 4.68. The number of halogens is 2. The number of anilines is 1. The smallest absolute Gasteiger partial charge is 0.0840 e. The Morgan fingerprint density at radius 2 is 2.00 bits per heavy atom. The van der Waals surface area contributed by atoms with E-state index in [2.05, 4.69) is 53.7 Å². The fraction of sp³-hybridized carbons (Fsp3) is 0.267. The monoisotopic (exact) mass is 343 g/mol. The SMILES string of the molecule is CN1c2ccccc2C(c2cccs2)=NCC1CN.Cl.Cl. The quantitative estimate of drug-likeness (QED) is 0.909. The van der Waals surface area contributed by atoms with Gasteiger partial charge in [0.1, 0.15) is 0 Å². The maximum atomic E-state index is 5.88. The zero-order chi connectivity index (χ0) is 13.2. The van der Waals surface area contributed by atoms with Gasteiger partial charge in [0.25, 0.3) is 0 Å². The van der Waals surface area contributed by atoms with E-state index >= 15 is 0 Å². The number of likely N-dealkylation sites (N-methyl/N-ethyl adjacent to an activating group) is 1. The van der Waals surface area contributed by atoms with Crippen molar-refractivity contribution in [3.8, 4) is 0 Å². The fourth-order valence-electron chi connectivity index (χ4n) is 2.44. The summed E-state index contributed by atoms with van der Waals surface area (Å²) in [4.78, 5) is 8.29. The second kappa shape index (κ2) is 7.80. The maximum Gasteiger partial charge on any atom is 0.0840 e. The topological polar surface area (TPSA) is 41.6 Å². The van der Waals surface area contributed by atoms with Gasteiger partial charge in [-0.15, -0.1) is 36.2 Å². The predicted molar refractivity (Wildman–Crippen MR) is 97.0 cm³/mol. The molecule has 114 valence electrons. The molecule has 2 N–H and O–H groups in total. The Bertz CT molecular complexity index is 599. The summed E-state index contributed by atoms with van der Waals surface area (Å²) in [6.07, 6.45) is 0. The van der Waals surface area contributed by atoms with Gasteiger partial charge in [-0.3, -0.25) is 4.99 Å². The lowest BCUT2D eigenvalue weighted by molar-refractivity contribution is 0.653. The fourth-order valence-corrected chi connectivity index (χ4v) is 3.19. The van der Waals surface area contributed by atoms with E-state index in [4.69, 9.17) is 10.7 Å². The van der Waals surface area contributed by atoms with Crippen molar-refractivity contribution in [2.24, 2.45) is 10.7 Å². The number of nitrogens with zero attached hydrogens (tertiary/aromatic N) is 2.